The molecule has 2 heterocycles. The topological polar surface area (TPSA) is 68.2 Å². The van der Waals surface area contributed by atoms with Crippen molar-refractivity contribution in [2.24, 2.45) is 17.6 Å². The van der Waals surface area contributed by atoms with Crippen LogP contribution in [-0.2, 0) is 13.0 Å². The molecule has 1 saturated heterocycles. The maximum Gasteiger partial charge on any atom is 0.240 e. The molecule has 1 saturated carbocycles. The van der Waals surface area contributed by atoms with E-state index in [1.54, 1.807) is 0 Å². The Kier molecular flexibility index (Phi) is 3.68. The fraction of sp³-hybridized carbons (Fsp3) is 0.529. The van der Waals surface area contributed by atoms with Crippen LogP contribution in [0, 0.1) is 11.8 Å². The first-order valence-electron chi connectivity index (χ1n) is 8.11. The normalized spacial score (nSPS) is 28.1. The third-order valence-electron chi connectivity index (χ3n) is 5.06. The van der Waals surface area contributed by atoms with Crippen LogP contribution in [0.5, 0.6) is 0 Å². The zero-order valence-corrected chi connectivity index (χ0v) is 12.7. The van der Waals surface area contributed by atoms with E-state index in [1.165, 1.54) is 18.4 Å². The largest absolute Gasteiger partial charge is 0.338 e. The molecule has 1 aromatic heterocycles. The van der Waals surface area contributed by atoms with Crippen LogP contribution >= 0.6 is 0 Å². The summed E-state index contributed by atoms with van der Waals surface area (Å²) in [6, 6.07) is 10.6. The lowest BCUT2D eigenvalue weighted by Crippen LogP contribution is -2.30. The minimum Gasteiger partial charge on any atom is -0.338 e. The first-order valence-corrected chi connectivity index (χ1v) is 8.11. The van der Waals surface area contributed by atoms with E-state index in [1.807, 2.05) is 18.2 Å². The summed E-state index contributed by atoms with van der Waals surface area (Å²) in [7, 11) is 0. The second kappa shape index (κ2) is 5.82. The highest BCUT2D eigenvalue weighted by atomic mass is 16.5. The highest BCUT2D eigenvalue weighted by Crippen LogP contribution is 2.37. The Morgan fingerprint density at radius 3 is 2.86 bits per heavy atom. The molecule has 2 aromatic rings. The smallest absolute Gasteiger partial charge is 0.240 e. The molecule has 5 nitrogen and oxygen atoms in total. The predicted molar refractivity (Wildman–Crippen MR) is 83.0 cm³/mol. The monoisotopic (exact) mass is 298 g/mol. The highest BCUT2D eigenvalue weighted by Gasteiger charge is 2.41. The zero-order valence-electron chi connectivity index (χ0n) is 12.7. The molecule has 4 rings (SSSR count). The lowest BCUT2D eigenvalue weighted by Gasteiger charge is -2.15. The average molecular weight is 298 g/mol. The second-order valence-electron chi connectivity index (χ2n) is 6.63. The van der Waals surface area contributed by atoms with Gasteiger partial charge in [0.25, 0.3) is 0 Å². The fourth-order valence-corrected chi connectivity index (χ4v) is 3.92. The summed E-state index contributed by atoms with van der Waals surface area (Å²) < 4.78 is 5.41. The van der Waals surface area contributed by atoms with E-state index in [2.05, 4.69) is 27.2 Å². The molecule has 0 bridgehead atoms. The number of aromatic nitrogens is 2. The number of rotatable bonds is 4. The molecule has 0 spiro atoms. The number of nitrogens with two attached hydrogens (primary N) is 1. The van der Waals surface area contributed by atoms with Gasteiger partial charge in [0.05, 0.1) is 6.54 Å². The van der Waals surface area contributed by atoms with E-state index in [-0.39, 0.29) is 0 Å². The van der Waals surface area contributed by atoms with Crippen molar-refractivity contribution in [2.75, 3.05) is 13.1 Å². The standard InChI is InChI=1S/C17H22N4O/c18-15-7-6-13-9-21(10-14(13)15)11-17-19-16(20-22-17)8-12-4-2-1-3-5-12/h1-5,13-15H,6-11,18H2. The van der Waals surface area contributed by atoms with Crippen molar-refractivity contribution >= 4 is 0 Å². The van der Waals surface area contributed by atoms with Crippen molar-refractivity contribution in [2.45, 2.75) is 31.8 Å². The summed E-state index contributed by atoms with van der Waals surface area (Å²) in [5.41, 5.74) is 7.39. The average Bonchev–Trinajstić information content (AvgIpc) is 3.20. The minimum atomic E-state index is 0.381. The summed E-state index contributed by atoms with van der Waals surface area (Å²) in [4.78, 5) is 6.94. The third-order valence-corrected chi connectivity index (χ3v) is 5.06. The number of fused-ring (bicyclic) bond motifs is 1. The molecule has 22 heavy (non-hydrogen) atoms. The molecular weight excluding hydrogens is 276 g/mol. The number of hydrogen-bond acceptors (Lipinski definition) is 5. The molecular formula is C17H22N4O. The molecule has 5 heteroatoms. The molecule has 2 aliphatic rings. The van der Waals surface area contributed by atoms with E-state index < -0.39 is 0 Å². The van der Waals surface area contributed by atoms with E-state index in [0.29, 0.717) is 12.0 Å². The van der Waals surface area contributed by atoms with Gasteiger partial charge < -0.3 is 10.3 Å². The Balaban J connectivity index is 1.37. The van der Waals surface area contributed by atoms with Crippen LogP contribution < -0.4 is 5.73 Å². The Morgan fingerprint density at radius 1 is 1.18 bits per heavy atom. The van der Waals surface area contributed by atoms with Gasteiger partial charge in [-0.1, -0.05) is 35.5 Å². The van der Waals surface area contributed by atoms with Crippen LogP contribution in [-0.4, -0.2) is 34.2 Å². The van der Waals surface area contributed by atoms with Gasteiger partial charge in [0.2, 0.25) is 5.89 Å². The highest BCUT2D eigenvalue weighted by molar-refractivity contribution is 5.18. The SMILES string of the molecule is NC1CCC2CN(Cc3nc(Cc4ccccc4)no3)CC12. The summed E-state index contributed by atoms with van der Waals surface area (Å²) in [6.45, 7) is 2.94. The maximum absolute atomic E-state index is 6.19. The maximum atomic E-state index is 6.19. The van der Waals surface area contributed by atoms with E-state index in [4.69, 9.17) is 10.3 Å². The van der Waals surface area contributed by atoms with Gasteiger partial charge in [-0.15, -0.1) is 0 Å². The Hall–Kier alpha value is -1.72. The van der Waals surface area contributed by atoms with Crippen LogP contribution in [0.15, 0.2) is 34.9 Å². The molecule has 116 valence electrons. The summed E-state index contributed by atoms with van der Waals surface area (Å²) in [5.74, 6) is 2.91. The van der Waals surface area contributed by atoms with Crippen molar-refractivity contribution in [1.29, 1.82) is 0 Å². The van der Waals surface area contributed by atoms with E-state index in [9.17, 15) is 0 Å². The fourth-order valence-electron chi connectivity index (χ4n) is 3.92. The van der Waals surface area contributed by atoms with Crippen LogP contribution in [0.25, 0.3) is 0 Å². The lowest BCUT2D eigenvalue weighted by molar-refractivity contribution is 0.249. The van der Waals surface area contributed by atoms with Crippen LogP contribution in [0.1, 0.15) is 30.1 Å². The van der Waals surface area contributed by atoms with Gasteiger partial charge >= 0.3 is 0 Å². The van der Waals surface area contributed by atoms with E-state index in [0.717, 1.165) is 43.7 Å². The third kappa shape index (κ3) is 2.78. The quantitative estimate of drug-likeness (QED) is 0.932. The van der Waals surface area contributed by atoms with Gasteiger partial charge in [-0.3, -0.25) is 4.90 Å². The van der Waals surface area contributed by atoms with Crippen LogP contribution in [0.3, 0.4) is 0 Å². The van der Waals surface area contributed by atoms with Crippen molar-refractivity contribution in [3.8, 4) is 0 Å². The molecule has 0 radical (unpaired) electrons. The first kappa shape index (κ1) is 13.9. The second-order valence-corrected chi connectivity index (χ2v) is 6.63. The molecule has 1 aliphatic carbocycles. The van der Waals surface area contributed by atoms with Crippen molar-refractivity contribution in [3.05, 3.63) is 47.6 Å². The van der Waals surface area contributed by atoms with E-state index >= 15 is 0 Å². The number of hydrogen-bond donors (Lipinski definition) is 1. The Bertz CT molecular complexity index is 627. The molecule has 1 aromatic carbocycles. The molecule has 2 N–H and O–H groups in total. The molecule has 2 fully saturated rings. The van der Waals surface area contributed by atoms with Gasteiger partial charge in [-0.25, -0.2) is 0 Å². The van der Waals surface area contributed by atoms with Crippen molar-refractivity contribution < 1.29 is 4.52 Å². The number of benzene rings is 1. The molecule has 3 atom stereocenters. The first-order chi connectivity index (χ1) is 10.8. The summed E-state index contributed by atoms with van der Waals surface area (Å²) in [5, 5.41) is 4.10. The van der Waals surface area contributed by atoms with Crippen molar-refractivity contribution in [3.63, 3.8) is 0 Å². The lowest BCUT2D eigenvalue weighted by atomic mass is 9.98. The molecule has 1 aliphatic heterocycles. The molecule has 0 amide bonds. The number of nitrogens with zero attached hydrogens (tertiary/aromatic N) is 3. The van der Waals surface area contributed by atoms with Gasteiger partial charge in [-0.05, 0) is 30.2 Å². The number of likely N-dealkylation sites (tertiary alicyclic amines) is 1. The predicted octanol–water partition coefficient (Wildman–Crippen LogP) is 1.83. The van der Waals surface area contributed by atoms with Crippen LogP contribution in [0.2, 0.25) is 0 Å². The van der Waals surface area contributed by atoms with Gasteiger partial charge in [0.1, 0.15) is 0 Å². The summed E-state index contributed by atoms with van der Waals surface area (Å²) in [6.07, 6.45) is 3.18. The van der Waals surface area contributed by atoms with Gasteiger partial charge in [-0.2, -0.15) is 4.98 Å². The van der Waals surface area contributed by atoms with Gasteiger partial charge in [0.15, 0.2) is 5.82 Å². The zero-order chi connectivity index (χ0) is 14.9. The summed E-state index contributed by atoms with van der Waals surface area (Å²) >= 11 is 0. The van der Waals surface area contributed by atoms with Gasteiger partial charge in [0, 0.05) is 25.6 Å². The van der Waals surface area contributed by atoms with Crippen molar-refractivity contribution in [1.82, 2.24) is 15.0 Å². The minimum absolute atomic E-state index is 0.381. The van der Waals surface area contributed by atoms with Crippen LogP contribution in [0.4, 0.5) is 0 Å². The Labute approximate surface area is 130 Å². The molecule has 3 unspecified atom stereocenters. The Morgan fingerprint density at radius 2 is 2.05 bits per heavy atom.